The minimum Gasteiger partial charge on any atom is -0.314 e. The Morgan fingerprint density at radius 3 is 2.40 bits per heavy atom. The van der Waals surface area contributed by atoms with E-state index in [2.05, 4.69) is 17.1 Å². The van der Waals surface area contributed by atoms with Crippen molar-refractivity contribution in [2.75, 3.05) is 26.2 Å². The smallest absolute Gasteiger partial charge is 0.00683 e. The Bertz CT molecular complexity index is 169. The molecule has 1 unspecified atom stereocenters. The third-order valence-electron chi connectivity index (χ3n) is 3.60. The van der Waals surface area contributed by atoms with E-state index < -0.39 is 0 Å². The Kier molecular flexibility index (Phi) is 4.45. The van der Waals surface area contributed by atoms with Gasteiger partial charge in [0.15, 0.2) is 0 Å². The molecule has 1 aliphatic carbocycles. The van der Waals surface area contributed by atoms with Crippen molar-refractivity contribution in [3.8, 4) is 0 Å². The van der Waals surface area contributed by atoms with E-state index in [0.29, 0.717) is 0 Å². The molecule has 0 amide bonds. The number of nitrogens with zero attached hydrogens (tertiary/aromatic N) is 1. The van der Waals surface area contributed by atoms with Gasteiger partial charge in [-0.1, -0.05) is 19.8 Å². The second-order valence-electron chi connectivity index (χ2n) is 5.50. The van der Waals surface area contributed by atoms with E-state index in [4.69, 9.17) is 0 Å². The molecule has 2 heteroatoms. The molecule has 0 bridgehead atoms. The van der Waals surface area contributed by atoms with E-state index in [0.717, 1.165) is 12.0 Å². The highest BCUT2D eigenvalue weighted by Crippen LogP contribution is 2.19. The van der Waals surface area contributed by atoms with Crippen molar-refractivity contribution in [1.82, 2.24) is 10.2 Å². The average Bonchev–Trinajstić information content (AvgIpc) is 3.03. The molecule has 1 aliphatic heterocycles. The topological polar surface area (TPSA) is 15.3 Å². The molecular formula is C13H26N2. The van der Waals surface area contributed by atoms with Crippen LogP contribution in [0.1, 0.15) is 45.4 Å². The zero-order valence-corrected chi connectivity index (χ0v) is 10.2. The van der Waals surface area contributed by atoms with Crippen LogP contribution in [0.25, 0.3) is 0 Å². The van der Waals surface area contributed by atoms with Crippen LogP contribution in [-0.4, -0.2) is 37.1 Å². The van der Waals surface area contributed by atoms with Crippen LogP contribution in [0.5, 0.6) is 0 Å². The minimum atomic E-state index is 0.823. The largest absolute Gasteiger partial charge is 0.314 e. The molecule has 0 aromatic carbocycles. The summed E-state index contributed by atoms with van der Waals surface area (Å²) in [4.78, 5) is 2.67. The highest BCUT2D eigenvalue weighted by atomic mass is 15.1. The van der Waals surface area contributed by atoms with E-state index in [-0.39, 0.29) is 0 Å². The number of likely N-dealkylation sites (tertiary alicyclic amines) is 1. The fourth-order valence-corrected chi connectivity index (χ4v) is 2.48. The summed E-state index contributed by atoms with van der Waals surface area (Å²) in [6, 6.07) is 0.872. The summed E-state index contributed by atoms with van der Waals surface area (Å²) in [6.45, 7) is 7.60. The van der Waals surface area contributed by atoms with Crippen molar-refractivity contribution in [3.05, 3.63) is 0 Å². The maximum Gasteiger partial charge on any atom is 0.00683 e. The van der Waals surface area contributed by atoms with Crippen molar-refractivity contribution in [2.24, 2.45) is 5.92 Å². The van der Waals surface area contributed by atoms with Crippen LogP contribution in [-0.2, 0) is 0 Å². The van der Waals surface area contributed by atoms with Crippen LogP contribution >= 0.6 is 0 Å². The van der Waals surface area contributed by atoms with Crippen molar-refractivity contribution in [1.29, 1.82) is 0 Å². The summed E-state index contributed by atoms with van der Waals surface area (Å²) in [5, 5.41) is 3.63. The maximum atomic E-state index is 3.63. The molecule has 1 saturated heterocycles. The lowest BCUT2D eigenvalue weighted by Gasteiger charge is -2.24. The van der Waals surface area contributed by atoms with E-state index in [1.807, 2.05) is 0 Å². The van der Waals surface area contributed by atoms with Gasteiger partial charge >= 0.3 is 0 Å². The second-order valence-corrected chi connectivity index (χ2v) is 5.50. The van der Waals surface area contributed by atoms with Gasteiger partial charge in [-0.25, -0.2) is 0 Å². The molecular weight excluding hydrogens is 184 g/mol. The van der Waals surface area contributed by atoms with Gasteiger partial charge in [-0.3, -0.25) is 0 Å². The normalized spacial score (nSPS) is 26.2. The third-order valence-corrected chi connectivity index (χ3v) is 3.60. The number of hydrogen-bond acceptors (Lipinski definition) is 2. The first-order valence-corrected chi connectivity index (χ1v) is 6.80. The van der Waals surface area contributed by atoms with Gasteiger partial charge in [0.05, 0.1) is 0 Å². The summed E-state index contributed by atoms with van der Waals surface area (Å²) in [7, 11) is 0. The Balaban J connectivity index is 1.60. The monoisotopic (exact) mass is 210 g/mol. The predicted octanol–water partition coefficient (Wildman–Crippen LogP) is 2.25. The first-order chi connectivity index (χ1) is 7.34. The number of hydrogen-bond donors (Lipinski definition) is 1. The molecule has 2 fully saturated rings. The van der Waals surface area contributed by atoms with Gasteiger partial charge < -0.3 is 10.2 Å². The van der Waals surface area contributed by atoms with Crippen LogP contribution in [0.4, 0.5) is 0 Å². The summed E-state index contributed by atoms with van der Waals surface area (Å²) >= 11 is 0. The van der Waals surface area contributed by atoms with Gasteiger partial charge in [0.25, 0.3) is 0 Å². The fraction of sp³-hybridized carbons (Fsp3) is 1.00. The lowest BCUT2D eigenvalue weighted by atomic mass is 10.1. The molecule has 1 heterocycles. The van der Waals surface area contributed by atoms with Crippen molar-refractivity contribution < 1.29 is 0 Å². The Morgan fingerprint density at radius 2 is 1.80 bits per heavy atom. The van der Waals surface area contributed by atoms with Crippen LogP contribution in [0.15, 0.2) is 0 Å². The van der Waals surface area contributed by atoms with Crippen LogP contribution < -0.4 is 5.32 Å². The highest BCUT2D eigenvalue weighted by molar-refractivity contribution is 4.81. The first kappa shape index (κ1) is 11.4. The van der Waals surface area contributed by atoms with E-state index in [1.165, 1.54) is 64.7 Å². The quantitative estimate of drug-likeness (QED) is 0.749. The lowest BCUT2D eigenvalue weighted by Crippen LogP contribution is -2.34. The zero-order chi connectivity index (χ0) is 10.5. The molecule has 0 aromatic heterocycles. The van der Waals surface area contributed by atoms with Gasteiger partial charge in [0, 0.05) is 12.6 Å². The van der Waals surface area contributed by atoms with Crippen LogP contribution in [0, 0.1) is 5.92 Å². The molecule has 2 aliphatic rings. The van der Waals surface area contributed by atoms with Crippen molar-refractivity contribution in [2.45, 2.75) is 51.5 Å². The molecule has 0 spiro atoms. The average molecular weight is 210 g/mol. The fourth-order valence-electron chi connectivity index (χ4n) is 2.48. The van der Waals surface area contributed by atoms with E-state index >= 15 is 0 Å². The van der Waals surface area contributed by atoms with Gasteiger partial charge in [-0.05, 0) is 51.2 Å². The summed E-state index contributed by atoms with van der Waals surface area (Å²) in [5.41, 5.74) is 0. The molecule has 0 aromatic rings. The van der Waals surface area contributed by atoms with Gasteiger partial charge in [0.2, 0.25) is 0 Å². The molecule has 1 saturated carbocycles. The molecule has 2 rings (SSSR count). The summed E-state index contributed by atoms with van der Waals surface area (Å²) in [5.74, 6) is 0.823. The first-order valence-electron chi connectivity index (χ1n) is 6.80. The van der Waals surface area contributed by atoms with Crippen molar-refractivity contribution >= 4 is 0 Å². The maximum absolute atomic E-state index is 3.63. The predicted molar refractivity (Wildman–Crippen MR) is 65.1 cm³/mol. The summed E-state index contributed by atoms with van der Waals surface area (Å²) < 4.78 is 0. The Hall–Kier alpha value is -0.0800. The van der Waals surface area contributed by atoms with E-state index in [1.54, 1.807) is 0 Å². The zero-order valence-electron chi connectivity index (χ0n) is 10.2. The van der Waals surface area contributed by atoms with Gasteiger partial charge in [-0.2, -0.15) is 0 Å². The van der Waals surface area contributed by atoms with Gasteiger partial charge in [-0.15, -0.1) is 0 Å². The number of nitrogens with one attached hydrogen (secondary N) is 1. The highest BCUT2D eigenvalue weighted by Gasteiger charge is 2.21. The standard InChI is InChI=1S/C13H26N2/c1-12(10-14-13-6-7-13)11-15-8-4-2-3-5-9-15/h12-14H,2-11H2,1H3. The lowest BCUT2D eigenvalue weighted by molar-refractivity contribution is 0.242. The summed E-state index contributed by atoms with van der Waals surface area (Å²) in [6.07, 6.45) is 8.56. The molecule has 1 N–H and O–H groups in total. The van der Waals surface area contributed by atoms with Crippen LogP contribution in [0.3, 0.4) is 0 Å². The molecule has 2 nitrogen and oxygen atoms in total. The Labute approximate surface area is 94.4 Å². The SMILES string of the molecule is CC(CNC1CC1)CN1CCCCCC1. The second kappa shape index (κ2) is 5.86. The van der Waals surface area contributed by atoms with Crippen molar-refractivity contribution in [3.63, 3.8) is 0 Å². The molecule has 0 radical (unpaired) electrons. The minimum absolute atomic E-state index is 0.823. The van der Waals surface area contributed by atoms with Crippen LogP contribution in [0.2, 0.25) is 0 Å². The molecule has 88 valence electrons. The number of rotatable bonds is 5. The third kappa shape index (κ3) is 4.52. The van der Waals surface area contributed by atoms with Gasteiger partial charge in [0.1, 0.15) is 0 Å². The Morgan fingerprint density at radius 1 is 1.13 bits per heavy atom. The molecule has 15 heavy (non-hydrogen) atoms. The van der Waals surface area contributed by atoms with E-state index in [9.17, 15) is 0 Å². The molecule has 1 atom stereocenters.